The van der Waals surface area contributed by atoms with Gasteiger partial charge < -0.3 is 14.2 Å². The first-order valence-corrected chi connectivity index (χ1v) is 11.7. The smallest absolute Gasteiger partial charge is 0.334 e. The molecule has 4 heteroatoms. The first-order valence-electron chi connectivity index (χ1n) is 11.7. The van der Waals surface area contributed by atoms with Crippen LogP contribution in [0.25, 0.3) is 0 Å². The van der Waals surface area contributed by atoms with Crippen LogP contribution in [-0.2, 0) is 20.9 Å². The average Bonchev–Trinajstić information content (AvgIpc) is 3.40. The molecule has 4 rings (SSSR count). The highest BCUT2D eigenvalue weighted by molar-refractivity contribution is 5.95. The first kappa shape index (κ1) is 22.6. The molecule has 0 radical (unpaired) electrons. The van der Waals surface area contributed by atoms with E-state index in [4.69, 9.17) is 14.2 Å². The van der Waals surface area contributed by atoms with Gasteiger partial charge in [-0.2, -0.15) is 0 Å². The molecule has 0 aromatic heterocycles. The maximum Gasteiger partial charge on any atom is 0.334 e. The van der Waals surface area contributed by atoms with E-state index in [2.05, 4.69) is 39.8 Å². The second-order valence-electron chi connectivity index (χ2n) is 9.44. The van der Waals surface area contributed by atoms with Crippen LogP contribution in [0.4, 0.5) is 0 Å². The highest BCUT2D eigenvalue weighted by atomic mass is 16.5. The summed E-state index contributed by atoms with van der Waals surface area (Å²) in [6.45, 7) is 10.7. The van der Waals surface area contributed by atoms with Gasteiger partial charge in [0, 0.05) is 24.3 Å². The fourth-order valence-electron chi connectivity index (χ4n) is 4.46. The minimum Gasteiger partial charge on any atom is -0.488 e. The summed E-state index contributed by atoms with van der Waals surface area (Å²) in [4.78, 5) is 12.8. The summed E-state index contributed by atoms with van der Waals surface area (Å²) >= 11 is 0. The van der Waals surface area contributed by atoms with E-state index in [1.807, 2.05) is 36.4 Å². The highest BCUT2D eigenvalue weighted by Crippen LogP contribution is 2.49. The Morgan fingerprint density at radius 1 is 1.12 bits per heavy atom. The van der Waals surface area contributed by atoms with Gasteiger partial charge in [0.15, 0.2) is 0 Å². The third kappa shape index (κ3) is 5.24. The lowest BCUT2D eigenvalue weighted by Gasteiger charge is -2.28. The largest absolute Gasteiger partial charge is 0.488 e. The maximum atomic E-state index is 12.8. The fraction of sp³-hybridized carbons (Fsp3) is 0.464. The van der Waals surface area contributed by atoms with E-state index in [1.54, 1.807) is 0 Å². The van der Waals surface area contributed by atoms with Crippen molar-refractivity contribution in [3.63, 3.8) is 0 Å². The van der Waals surface area contributed by atoms with E-state index in [-0.39, 0.29) is 18.0 Å². The molecular formula is C28H34O4. The molecule has 0 bridgehead atoms. The van der Waals surface area contributed by atoms with Crippen LogP contribution in [0.1, 0.15) is 56.2 Å². The van der Waals surface area contributed by atoms with Gasteiger partial charge in [-0.15, -0.1) is 0 Å². The van der Waals surface area contributed by atoms with Gasteiger partial charge in [-0.1, -0.05) is 57.2 Å². The number of carbonyl (C=O) groups is 1. The molecule has 3 unspecified atom stereocenters. The highest BCUT2D eigenvalue weighted by Gasteiger charge is 2.39. The lowest BCUT2D eigenvalue weighted by Crippen LogP contribution is -2.18. The van der Waals surface area contributed by atoms with Crippen LogP contribution < -0.4 is 4.74 Å². The Labute approximate surface area is 191 Å². The molecule has 2 aliphatic rings. The van der Waals surface area contributed by atoms with Crippen molar-refractivity contribution >= 4 is 5.97 Å². The number of ether oxygens (including phenoxy) is 3. The lowest BCUT2D eigenvalue weighted by atomic mass is 9.77. The van der Waals surface area contributed by atoms with Crippen molar-refractivity contribution in [2.45, 2.75) is 59.2 Å². The Morgan fingerprint density at radius 2 is 1.91 bits per heavy atom. The Bertz CT molecular complexity index is 970. The number of hydrogen-bond acceptors (Lipinski definition) is 4. The summed E-state index contributed by atoms with van der Waals surface area (Å²) < 4.78 is 17.3. The number of hydrogen-bond donors (Lipinski definition) is 0. The molecule has 1 fully saturated rings. The Kier molecular flexibility index (Phi) is 7.00. The third-order valence-corrected chi connectivity index (χ3v) is 6.82. The Balaban J connectivity index is 1.55. The summed E-state index contributed by atoms with van der Waals surface area (Å²) in [6, 6.07) is 16.2. The summed E-state index contributed by atoms with van der Waals surface area (Å²) in [5.41, 5.74) is 5.55. The van der Waals surface area contributed by atoms with Gasteiger partial charge in [0.1, 0.15) is 18.5 Å². The van der Waals surface area contributed by atoms with Gasteiger partial charge in [-0.3, -0.25) is 0 Å². The summed E-state index contributed by atoms with van der Waals surface area (Å²) in [5, 5.41) is 0. The second-order valence-corrected chi connectivity index (χ2v) is 9.44. The van der Waals surface area contributed by atoms with E-state index in [1.165, 1.54) is 16.7 Å². The van der Waals surface area contributed by atoms with E-state index < -0.39 is 0 Å². The van der Waals surface area contributed by atoms with Gasteiger partial charge >= 0.3 is 5.97 Å². The van der Waals surface area contributed by atoms with Crippen LogP contribution in [-0.4, -0.2) is 25.3 Å². The van der Waals surface area contributed by atoms with E-state index in [9.17, 15) is 4.79 Å². The molecule has 0 saturated carbocycles. The van der Waals surface area contributed by atoms with Gasteiger partial charge in [0.2, 0.25) is 0 Å². The average molecular weight is 435 g/mol. The van der Waals surface area contributed by atoms with Gasteiger partial charge in [0.25, 0.3) is 0 Å². The zero-order valence-electron chi connectivity index (χ0n) is 19.6. The van der Waals surface area contributed by atoms with Crippen molar-refractivity contribution in [1.82, 2.24) is 0 Å². The lowest BCUT2D eigenvalue weighted by molar-refractivity contribution is -0.139. The number of aryl methyl sites for hydroxylation is 1. The molecule has 1 aliphatic heterocycles. The Morgan fingerprint density at radius 3 is 2.59 bits per heavy atom. The Hall–Kier alpha value is -2.59. The molecule has 1 aliphatic carbocycles. The molecule has 1 heterocycles. The monoisotopic (exact) mass is 434 g/mol. The molecule has 0 amide bonds. The second kappa shape index (κ2) is 9.91. The molecular weight excluding hydrogens is 400 g/mol. The molecule has 0 spiro atoms. The fourth-order valence-corrected chi connectivity index (χ4v) is 4.46. The normalized spacial score (nSPS) is 19.7. The minimum atomic E-state index is -0.182. The quantitative estimate of drug-likeness (QED) is 0.455. The number of allylic oxidation sites excluding steroid dienone is 1. The topological polar surface area (TPSA) is 44.8 Å². The summed E-state index contributed by atoms with van der Waals surface area (Å²) in [7, 11) is 0. The zero-order chi connectivity index (χ0) is 22.7. The van der Waals surface area contributed by atoms with Crippen molar-refractivity contribution in [1.29, 1.82) is 0 Å². The van der Waals surface area contributed by atoms with Crippen LogP contribution in [0.2, 0.25) is 0 Å². The molecule has 2 aromatic carbocycles. The van der Waals surface area contributed by atoms with Crippen molar-refractivity contribution in [2.75, 3.05) is 13.2 Å². The molecule has 3 atom stereocenters. The zero-order valence-corrected chi connectivity index (χ0v) is 19.6. The van der Waals surface area contributed by atoms with Crippen molar-refractivity contribution in [3.8, 4) is 5.75 Å². The van der Waals surface area contributed by atoms with Gasteiger partial charge in [-0.25, -0.2) is 4.79 Å². The van der Waals surface area contributed by atoms with Crippen LogP contribution in [0.5, 0.6) is 5.75 Å². The summed E-state index contributed by atoms with van der Waals surface area (Å²) in [5.74, 6) is 1.78. The van der Waals surface area contributed by atoms with E-state index in [0.29, 0.717) is 25.0 Å². The SMILES string of the molecule is Cc1ccc(OC2CCOC2)cc1C(C1=C(C(=O)OCc2ccccc2)C1)C(C)C(C)C. The number of rotatable bonds is 9. The third-order valence-electron chi connectivity index (χ3n) is 6.82. The standard InChI is InChI=1S/C28H34O4/c1-18(2)20(4)27(24-14-22(11-10-19(24)3)32-23-12-13-30-17-23)25-15-26(25)28(29)31-16-21-8-6-5-7-9-21/h5-11,14,18,20,23,27H,12-13,15-17H2,1-4H3. The van der Waals surface area contributed by atoms with Crippen molar-refractivity contribution in [3.05, 3.63) is 76.4 Å². The predicted octanol–water partition coefficient (Wildman–Crippen LogP) is 5.98. The van der Waals surface area contributed by atoms with Gasteiger partial charge in [-0.05, 0) is 53.2 Å². The van der Waals surface area contributed by atoms with Crippen molar-refractivity contribution < 1.29 is 19.0 Å². The number of esters is 1. The first-order chi connectivity index (χ1) is 15.4. The van der Waals surface area contributed by atoms with Gasteiger partial charge in [0.05, 0.1) is 13.2 Å². The summed E-state index contributed by atoms with van der Waals surface area (Å²) in [6.07, 6.45) is 1.78. The van der Waals surface area contributed by atoms with E-state index in [0.717, 1.165) is 36.3 Å². The van der Waals surface area contributed by atoms with E-state index >= 15 is 0 Å². The molecule has 1 saturated heterocycles. The molecule has 170 valence electrons. The number of carbonyl (C=O) groups excluding carboxylic acids is 1. The number of benzene rings is 2. The van der Waals surface area contributed by atoms with Crippen LogP contribution >= 0.6 is 0 Å². The molecule has 0 N–H and O–H groups in total. The van der Waals surface area contributed by atoms with Crippen LogP contribution in [0.15, 0.2) is 59.7 Å². The molecule has 2 aromatic rings. The predicted molar refractivity (Wildman–Crippen MR) is 126 cm³/mol. The maximum absolute atomic E-state index is 12.8. The minimum absolute atomic E-state index is 0.121. The van der Waals surface area contributed by atoms with Crippen molar-refractivity contribution in [2.24, 2.45) is 11.8 Å². The molecule has 4 nitrogen and oxygen atoms in total. The molecule has 32 heavy (non-hydrogen) atoms. The van der Waals surface area contributed by atoms with Crippen LogP contribution in [0, 0.1) is 18.8 Å². The van der Waals surface area contributed by atoms with Crippen LogP contribution in [0.3, 0.4) is 0 Å².